The summed E-state index contributed by atoms with van der Waals surface area (Å²) in [5.74, 6) is 0.879. The lowest BCUT2D eigenvalue weighted by atomic mass is 10.0. The summed E-state index contributed by atoms with van der Waals surface area (Å²) in [6.07, 6.45) is 4.65. The summed E-state index contributed by atoms with van der Waals surface area (Å²) in [6.45, 7) is 4.78. The lowest BCUT2D eigenvalue weighted by Gasteiger charge is -2.37. The van der Waals surface area contributed by atoms with E-state index in [1.165, 1.54) is 12.8 Å². The van der Waals surface area contributed by atoms with Crippen LogP contribution in [0.3, 0.4) is 0 Å². The van der Waals surface area contributed by atoms with Crippen LogP contribution in [-0.4, -0.2) is 36.2 Å². The number of ether oxygens (including phenoxy) is 1. The Morgan fingerprint density at radius 2 is 2.09 bits per heavy atom. The van der Waals surface area contributed by atoms with Crippen molar-refractivity contribution in [2.24, 2.45) is 5.92 Å². The van der Waals surface area contributed by atoms with E-state index in [1.807, 2.05) is 30.3 Å². The molecule has 2 atom stereocenters. The monoisotopic (exact) mass is 302 g/mol. The van der Waals surface area contributed by atoms with Crippen LogP contribution in [0, 0.1) is 5.92 Å². The fourth-order valence-electron chi connectivity index (χ4n) is 3.30. The molecule has 1 aliphatic heterocycles. The molecule has 0 radical (unpaired) electrons. The van der Waals surface area contributed by atoms with E-state index in [0.29, 0.717) is 12.6 Å². The molecular weight excluding hydrogens is 276 g/mol. The number of nitrogens with one attached hydrogen (secondary N) is 1. The van der Waals surface area contributed by atoms with Gasteiger partial charge in [-0.2, -0.15) is 0 Å². The highest BCUT2D eigenvalue weighted by atomic mass is 16.5. The van der Waals surface area contributed by atoms with E-state index in [4.69, 9.17) is 4.74 Å². The second-order valence-electron chi connectivity index (χ2n) is 6.62. The fourth-order valence-corrected chi connectivity index (χ4v) is 3.30. The van der Waals surface area contributed by atoms with Crippen molar-refractivity contribution in [2.75, 3.05) is 13.1 Å². The molecule has 1 heterocycles. The number of amides is 1. The zero-order valence-electron chi connectivity index (χ0n) is 13.3. The van der Waals surface area contributed by atoms with Gasteiger partial charge in [0.25, 0.3) is 0 Å². The molecule has 1 aliphatic carbocycles. The minimum atomic E-state index is -0.297. The van der Waals surface area contributed by atoms with Gasteiger partial charge in [0.1, 0.15) is 6.61 Å². The van der Waals surface area contributed by atoms with Gasteiger partial charge in [-0.3, -0.25) is 4.90 Å². The molecule has 2 aliphatic rings. The van der Waals surface area contributed by atoms with Crippen molar-refractivity contribution in [1.29, 1.82) is 0 Å². The largest absolute Gasteiger partial charge is 0.445 e. The maximum atomic E-state index is 12.0. The van der Waals surface area contributed by atoms with E-state index in [1.54, 1.807) is 0 Å². The van der Waals surface area contributed by atoms with Crippen molar-refractivity contribution in [3.8, 4) is 0 Å². The third-order valence-corrected chi connectivity index (χ3v) is 4.87. The summed E-state index contributed by atoms with van der Waals surface area (Å²) in [5.41, 5.74) is 1.02. The van der Waals surface area contributed by atoms with Gasteiger partial charge < -0.3 is 10.1 Å². The van der Waals surface area contributed by atoms with Crippen molar-refractivity contribution in [2.45, 2.75) is 51.3 Å². The zero-order chi connectivity index (χ0) is 15.4. The van der Waals surface area contributed by atoms with E-state index in [9.17, 15) is 4.79 Å². The summed E-state index contributed by atoms with van der Waals surface area (Å²) in [5, 5.41) is 3.03. The number of carbonyl (C=O) groups is 1. The Labute approximate surface area is 132 Å². The van der Waals surface area contributed by atoms with Crippen LogP contribution < -0.4 is 5.32 Å². The van der Waals surface area contributed by atoms with E-state index in [2.05, 4.69) is 17.1 Å². The minimum absolute atomic E-state index is 0.221. The topological polar surface area (TPSA) is 41.6 Å². The molecule has 3 rings (SSSR count). The third kappa shape index (κ3) is 4.23. The number of piperidine rings is 1. The molecule has 22 heavy (non-hydrogen) atoms. The maximum Gasteiger partial charge on any atom is 0.407 e. The highest BCUT2D eigenvalue weighted by Crippen LogP contribution is 2.35. The standard InChI is InChI=1S/C18H26N2O2/c1-14(16-9-10-16)20-11-5-8-17(12-20)19-18(21)22-13-15-6-3-2-4-7-15/h2-4,6-7,14,16-17H,5,8-13H2,1H3,(H,19,21). The zero-order valence-corrected chi connectivity index (χ0v) is 13.3. The van der Waals surface area contributed by atoms with Crippen molar-refractivity contribution >= 4 is 6.09 Å². The summed E-state index contributed by atoms with van der Waals surface area (Å²) < 4.78 is 5.32. The molecule has 1 aromatic rings. The first-order chi connectivity index (χ1) is 10.7. The minimum Gasteiger partial charge on any atom is -0.445 e. The Morgan fingerprint density at radius 1 is 1.32 bits per heavy atom. The first-order valence-electron chi connectivity index (χ1n) is 8.43. The molecule has 1 saturated heterocycles. The van der Waals surface area contributed by atoms with Crippen LogP contribution in [0.4, 0.5) is 4.79 Å². The van der Waals surface area contributed by atoms with E-state index >= 15 is 0 Å². The highest BCUT2D eigenvalue weighted by molar-refractivity contribution is 5.67. The number of likely N-dealkylation sites (tertiary alicyclic amines) is 1. The van der Waals surface area contributed by atoms with Crippen molar-refractivity contribution in [1.82, 2.24) is 10.2 Å². The Kier molecular flexibility index (Phi) is 4.98. The second-order valence-corrected chi connectivity index (χ2v) is 6.62. The molecule has 4 heteroatoms. The van der Waals surface area contributed by atoms with Gasteiger partial charge in [-0.25, -0.2) is 4.79 Å². The number of benzene rings is 1. The number of hydrogen-bond acceptors (Lipinski definition) is 3. The van der Waals surface area contributed by atoms with Crippen LogP contribution in [0.25, 0.3) is 0 Å². The number of carbonyl (C=O) groups excluding carboxylic acids is 1. The maximum absolute atomic E-state index is 12.0. The average Bonchev–Trinajstić information content (AvgIpc) is 3.38. The van der Waals surface area contributed by atoms with Crippen molar-refractivity contribution in [3.05, 3.63) is 35.9 Å². The lowest BCUT2D eigenvalue weighted by molar-refractivity contribution is 0.109. The number of alkyl carbamates (subject to hydrolysis) is 1. The van der Waals surface area contributed by atoms with Gasteiger partial charge in [0, 0.05) is 18.6 Å². The van der Waals surface area contributed by atoms with Crippen LogP contribution >= 0.6 is 0 Å². The summed E-state index contributed by atoms with van der Waals surface area (Å²) in [7, 11) is 0. The number of rotatable bonds is 5. The summed E-state index contributed by atoms with van der Waals surface area (Å²) in [6, 6.07) is 10.7. The van der Waals surface area contributed by atoms with Crippen LogP contribution in [0.15, 0.2) is 30.3 Å². The normalized spacial score (nSPS) is 23.8. The van der Waals surface area contributed by atoms with Gasteiger partial charge in [0.2, 0.25) is 0 Å². The average molecular weight is 302 g/mol. The molecule has 0 spiro atoms. The smallest absolute Gasteiger partial charge is 0.407 e. The van der Waals surface area contributed by atoms with E-state index in [0.717, 1.165) is 37.4 Å². The SMILES string of the molecule is CC(C1CC1)N1CCCC(NC(=O)OCc2ccccc2)C1. The quantitative estimate of drug-likeness (QED) is 0.908. The molecule has 0 bridgehead atoms. The molecule has 2 fully saturated rings. The Morgan fingerprint density at radius 3 is 2.82 bits per heavy atom. The summed E-state index contributed by atoms with van der Waals surface area (Å²) in [4.78, 5) is 14.5. The molecular formula is C18H26N2O2. The lowest BCUT2D eigenvalue weighted by Crippen LogP contribution is -2.50. The molecule has 1 amide bonds. The van der Waals surface area contributed by atoms with E-state index in [-0.39, 0.29) is 12.1 Å². The van der Waals surface area contributed by atoms with Crippen molar-refractivity contribution in [3.63, 3.8) is 0 Å². The Hall–Kier alpha value is -1.55. The van der Waals surface area contributed by atoms with Gasteiger partial charge in [-0.05, 0) is 50.6 Å². The van der Waals surface area contributed by atoms with Crippen LogP contribution in [0.2, 0.25) is 0 Å². The molecule has 1 N–H and O–H groups in total. The molecule has 1 aromatic carbocycles. The molecule has 2 unspecified atom stereocenters. The first kappa shape index (κ1) is 15.3. The van der Waals surface area contributed by atoms with Gasteiger partial charge in [0.15, 0.2) is 0 Å². The summed E-state index contributed by atoms with van der Waals surface area (Å²) >= 11 is 0. The van der Waals surface area contributed by atoms with Crippen LogP contribution in [-0.2, 0) is 11.3 Å². The van der Waals surface area contributed by atoms with Crippen LogP contribution in [0.5, 0.6) is 0 Å². The first-order valence-corrected chi connectivity index (χ1v) is 8.43. The second kappa shape index (κ2) is 7.14. The predicted octanol–water partition coefficient (Wildman–Crippen LogP) is 3.18. The highest BCUT2D eigenvalue weighted by Gasteiger charge is 2.34. The van der Waals surface area contributed by atoms with Crippen LogP contribution in [0.1, 0.15) is 38.2 Å². The third-order valence-electron chi connectivity index (χ3n) is 4.87. The van der Waals surface area contributed by atoms with Gasteiger partial charge in [-0.15, -0.1) is 0 Å². The molecule has 4 nitrogen and oxygen atoms in total. The Balaban J connectivity index is 1.42. The van der Waals surface area contributed by atoms with Gasteiger partial charge in [0.05, 0.1) is 0 Å². The number of hydrogen-bond donors (Lipinski definition) is 1. The van der Waals surface area contributed by atoms with Gasteiger partial charge in [-0.1, -0.05) is 30.3 Å². The molecule has 120 valence electrons. The van der Waals surface area contributed by atoms with E-state index < -0.39 is 0 Å². The Bertz CT molecular complexity index is 487. The fraction of sp³-hybridized carbons (Fsp3) is 0.611. The number of nitrogens with zero attached hydrogens (tertiary/aromatic N) is 1. The molecule has 1 saturated carbocycles. The van der Waals surface area contributed by atoms with Gasteiger partial charge >= 0.3 is 6.09 Å². The van der Waals surface area contributed by atoms with Crippen molar-refractivity contribution < 1.29 is 9.53 Å². The predicted molar refractivity (Wildman–Crippen MR) is 86.5 cm³/mol. The molecule has 0 aromatic heterocycles.